The lowest BCUT2D eigenvalue weighted by Crippen LogP contribution is -2.34. The number of rotatable bonds is 7. The zero-order chi connectivity index (χ0) is 18.4. The summed E-state index contributed by atoms with van der Waals surface area (Å²) in [6.07, 6.45) is 1.10. The number of halogens is 1. The van der Waals surface area contributed by atoms with Crippen molar-refractivity contribution in [1.29, 1.82) is 0 Å². The van der Waals surface area contributed by atoms with Gasteiger partial charge in [-0.25, -0.2) is 13.1 Å². The predicted octanol–water partition coefficient (Wildman–Crippen LogP) is 2.98. The van der Waals surface area contributed by atoms with Crippen molar-refractivity contribution >= 4 is 27.5 Å². The Morgan fingerprint density at radius 2 is 1.72 bits per heavy atom. The number of amides is 1. The first-order valence-electron chi connectivity index (χ1n) is 7.75. The van der Waals surface area contributed by atoms with Crippen LogP contribution in [0, 0.1) is 0 Å². The summed E-state index contributed by atoms with van der Waals surface area (Å²) in [6, 6.07) is 15.8. The lowest BCUT2D eigenvalue weighted by Gasteiger charge is -2.22. The molecule has 1 amide bonds. The summed E-state index contributed by atoms with van der Waals surface area (Å²) < 4.78 is 25.8. The summed E-state index contributed by atoms with van der Waals surface area (Å²) in [5.41, 5.74) is 1.70. The Morgan fingerprint density at radius 3 is 2.28 bits per heavy atom. The SMILES string of the molecule is CN(Cc1ccccc1)C(=O)C[C@H](NS(C)(=O)=O)c1ccc(Cl)cc1. The van der Waals surface area contributed by atoms with Crippen molar-refractivity contribution in [3.05, 3.63) is 70.7 Å². The molecule has 0 unspecified atom stereocenters. The summed E-state index contributed by atoms with van der Waals surface area (Å²) in [6.45, 7) is 0.464. The average molecular weight is 381 g/mol. The molecule has 7 heteroatoms. The number of hydrogen-bond acceptors (Lipinski definition) is 3. The molecule has 0 saturated heterocycles. The van der Waals surface area contributed by atoms with Crippen LogP contribution in [0.1, 0.15) is 23.6 Å². The Bertz CT molecular complexity index is 808. The molecule has 0 saturated carbocycles. The zero-order valence-corrected chi connectivity index (χ0v) is 15.7. The van der Waals surface area contributed by atoms with Gasteiger partial charge in [-0.3, -0.25) is 4.79 Å². The predicted molar refractivity (Wildman–Crippen MR) is 99.7 cm³/mol. The van der Waals surface area contributed by atoms with Crippen LogP contribution in [-0.4, -0.2) is 32.5 Å². The first-order chi connectivity index (χ1) is 11.7. The molecule has 0 aliphatic carbocycles. The summed E-state index contributed by atoms with van der Waals surface area (Å²) >= 11 is 5.88. The molecule has 2 aromatic carbocycles. The van der Waals surface area contributed by atoms with E-state index in [1.54, 1.807) is 36.2 Å². The number of nitrogens with zero attached hydrogens (tertiary/aromatic N) is 1. The molecule has 0 aliphatic rings. The van der Waals surface area contributed by atoms with Crippen LogP contribution >= 0.6 is 11.6 Å². The van der Waals surface area contributed by atoms with Gasteiger partial charge in [0, 0.05) is 25.0 Å². The molecule has 0 radical (unpaired) electrons. The highest BCUT2D eigenvalue weighted by molar-refractivity contribution is 7.88. The molecule has 0 fully saturated rings. The van der Waals surface area contributed by atoms with Crippen LogP contribution in [0.4, 0.5) is 0 Å². The molecule has 0 aromatic heterocycles. The minimum absolute atomic E-state index is 0.0258. The van der Waals surface area contributed by atoms with E-state index in [0.717, 1.165) is 11.8 Å². The molecule has 1 N–H and O–H groups in total. The van der Waals surface area contributed by atoms with Crippen LogP contribution < -0.4 is 4.72 Å². The van der Waals surface area contributed by atoms with Gasteiger partial charge in [0.25, 0.3) is 0 Å². The van der Waals surface area contributed by atoms with Crippen molar-refractivity contribution < 1.29 is 13.2 Å². The highest BCUT2D eigenvalue weighted by Crippen LogP contribution is 2.21. The fourth-order valence-corrected chi connectivity index (χ4v) is 3.32. The largest absolute Gasteiger partial charge is 0.341 e. The minimum Gasteiger partial charge on any atom is -0.341 e. The van der Waals surface area contributed by atoms with E-state index in [9.17, 15) is 13.2 Å². The quantitative estimate of drug-likeness (QED) is 0.803. The second kappa shape index (κ2) is 8.47. The standard InChI is InChI=1S/C18H21ClN2O3S/c1-21(13-14-6-4-3-5-7-14)18(22)12-17(20-25(2,23)24)15-8-10-16(19)11-9-15/h3-11,17,20H,12-13H2,1-2H3/t17-/m0/s1. The summed E-state index contributed by atoms with van der Waals surface area (Å²) in [7, 11) is -1.76. The fourth-order valence-electron chi connectivity index (χ4n) is 2.46. The summed E-state index contributed by atoms with van der Waals surface area (Å²) in [5, 5.41) is 0.550. The van der Waals surface area contributed by atoms with E-state index in [1.807, 2.05) is 30.3 Å². The molecular weight excluding hydrogens is 360 g/mol. The number of sulfonamides is 1. The molecule has 0 aliphatic heterocycles. The van der Waals surface area contributed by atoms with E-state index in [2.05, 4.69) is 4.72 Å². The average Bonchev–Trinajstić information content (AvgIpc) is 2.54. The van der Waals surface area contributed by atoms with Gasteiger partial charge < -0.3 is 4.90 Å². The Kier molecular flexibility index (Phi) is 6.58. The number of hydrogen-bond donors (Lipinski definition) is 1. The van der Waals surface area contributed by atoms with E-state index in [4.69, 9.17) is 11.6 Å². The van der Waals surface area contributed by atoms with E-state index in [0.29, 0.717) is 17.1 Å². The maximum atomic E-state index is 12.5. The minimum atomic E-state index is -3.47. The van der Waals surface area contributed by atoms with Crippen molar-refractivity contribution in [1.82, 2.24) is 9.62 Å². The first-order valence-corrected chi connectivity index (χ1v) is 10.0. The normalized spacial score (nSPS) is 12.6. The van der Waals surface area contributed by atoms with Crippen molar-refractivity contribution in [2.45, 2.75) is 19.0 Å². The van der Waals surface area contributed by atoms with Gasteiger partial charge in [-0.15, -0.1) is 0 Å². The molecule has 1 atom stereocenters. The van der Waals surface area contributed by atoms with Gasteiger partial charge in [-0.05, 0) is 23.3 Å². The Morgan fingerprint density at radius 1 is 1.12 bits per heavy atom. The Labute approximate surface area is 153 Å². The zero-order valence-electron chi connectivity index (χ0n) is 14.1. The van der Waals surface area contributed by atoms with Gasteiger partial charge in [-0.2, -0.15) is 0 Å². The fraction of sp³-hybridized carbons (Fsp3) is 0.278. The lowest BCUT2D eigenvalue weighted by atomic mass is 10.0. The highest BCUT2D eigenvalue weighted by Gasteiger charge is 2.21. The molecular formula is C18H21ClN2O3S. The Hall–Kier alpha value is -1.89. The number of nitrogens with one attached hydrogen (secondary N) is 1. The van der Waals surface area contributed by atoms with Crippen molar-refractivity contribution in [3.63, 3.8) is 0 Å². The third kappa shape index (κ3) is 6.49. The molecule has 5 nitrogen and oxygen atoms in total. The summed E-state index contributed by atoms with van der Waals surface area (Å²) in [4.78, 5) is 14.1. The molecule has 0 heterocycles. The van der Waals surface area contributed by atoms with Crippen LogP contribution in [0.25, 0.3) is 0 Å². The topological polar surface area (TPSA) is 66.5 Å². The van der Waals surface area contributed by atoms with Gasteiger partial charge >= 0.3 is 0 Å². The smallest absolute Gasteiger partial charge is 0.224 e. The molecule has 25 heavy (non-hydrogen) atoms. The van der Waals surface area contributed by atoms with Crippen molar-refractivity contribution in [3.8, 4) is 0 Å². The van der Waals surface area contributed by atoms with Gasteiger partial charge in [0.2, 0.25) is 15.9 Å². The van der Waals surface area contributed by atoms with Gasteiger partial charge in [-0.1, -0.05) is 54.1 Å². The third-order valence-electron chi connectivity index (χ3n) is 3.70. The van der Waals surface area contributed by atoms with Crippen LogP contribution in [-0.2, 0) is 21.4 Å². The molecule has 0 bridgehead atoms. The Balaban J connectivity index is 2.12. The lowest BCUT2D eigenvalue weighted by molar-refractivity contribution is -0.130. The van der Waals surface area contributed by atoms with Gasteiger partial charge in [0.05, 0.1) is 12.3 Å². The molecule has 2 aromatic rings. The van der Waals surface area contributed by atoms with Crippen LogP contribution in [0.3, 0.4) is 0 Å². The molecule has 0 spiro atoms. The van der Waals surface area contributed by atoms with Crippen LogP contribution in [0.2, 0.25) is 5.02 Å². The number of carbonyl (C=O) groups is 1. The second-order valence-electron chi connectivity index (χ2n) is 5.93. The van der Waals surface area contributed by atoms with Crippen molar-refractivity contribution in [2.24, 2.45) is 0 Å². The monoisotopic (exact) mass is 380 g/mol. The molecule has 134 valence electrons. The van der Waals surface area contributed by atoms with E-state index in [1.165, 1.54) is 0 Å². The second-order valence-corrected chi connectivity index (χ2v) is 8.15. The van der Waals surface area contributed by atoms with Crippen molar-refractivity contribution in [2.75, 3.05) is 13.3 Å². The molecule has 2 rings (SSSR count). The van der Waals surface area contributed by atoms with E-state index < -0.39 is 16.1 Å². The van der Waals surface area contributed by atoms with Gasteiger partial charge in [0.1, 0.15) is 0 Å². The first kappa shape index (κ1) is 19.4. The summed E-state index contributed by atoms with van der Waals surface area (Å²) in [5.74, 6) is -0.153. The van der Waals surface area contributed by atoms with Crippen LogP contribution in [0.5, 0.6) is 0 Å². The number of benzene rings is 2. The number of carbonyl (C=O) groups excluding carboxylic acids is 1. The van der Waals surface area contributed by atoms with E-state index in [-0.39, 0.29) is 12.3 Å². The maximum Gasteiger partial charge on any atom is 0.224 e. The van der Waals surface area contributed by atoms with Crippen LogP contribution in [0.15, 0.2) is 54.6 Å². The van der Waals surface area contributed by atoms with Gasteiger partial charge in [0.15, 0.2) is 0 Å². The maximum absolute atomic E-state index is 12.5. The third-order valence-corrected chi connectivity index (χ3v) is 4.66. The van der Waals surface area contributed by atoms with E-state index >= 15 is 0 Å². The highest BCUT2D eigenvalue weighted by atomic mass is 35.5.